The van der Waals surface area contributed by atoms with Crippen LogP contribution in [0.5, 0.6) is 0 Å². The lowest BCUT2D eigenvalue weighted by Gasteiger charge is -2.22. The van der Waals surface area contributed by atoms with Crippen molar-refractivity contribution in [2.24, 2.45) is 5.92 Å². The van der Waals surface area contributed by atoms with E-state index in [9.17, 15) is 25.0 Å². The molecule has 0 saturated heterocycles. The molecule has 1 aliphatic rings. The number of aromatic nitrogens is 2. The highest BCUT2D eigenvalue weighted by molar-refractivity contribution is 5.81. The summed E-state index contributed by atoms with van der Waals surface area (Å²) in [5.41, 5.74) is -0.684. The molecule has 2 rings (SSSR count). The number of carbonyl (C=O) groups excluding carboxylic acids is 2. The Bertz CT molecular complexity index is 761. The molecule has 134 valence electrons. The van der Waals surface area contributed by atoms with Crippen LogP contribution in [0.1, 0.15) is 31.2 Å². The normalized spacial score (nSPS) is 15.8. The van der Waals surface area contributed by atoms with Gasteiger partial charge in [-0.25, -0.2) is 0 Å². The van der Waals surface area contributed by atoms with Crippen LogP contribution in [-0.2, 0) is 20.9 Å². The molecule has 0 radical (unpaired) electrons. The van der Waals surface area contributed by atoms with E-state index in [1.54, 1.807) is 6.92 Å². The third-order valence-corrected chi connectivity index (χ3v) is 4.19. The molecule has 1 heterocycles. The van der Waals surface area contributed by atoms with E-state index < -0.39 is 28.9 Å². The van der Waals surface area contributed by atoms with Crippen LogP contribution in [0.25, 0.3) is 0 Å². The van der Waals surface area contributed by atoms with Crippen molar-refractivity contribution in [2.75, 3.05) is 6.61 Å². The molecule has 10 nitrogen and oxygen atoms in total. The second kappa shape index (κ2) is 6.88. The number of carbonyl (C=O) groups is 2. The molecule has 0 aliphatic heterocycles. The Hall–Kier alpha value is -2.96. The lowest BCUT2D eigenvalue weighted by Crippen LogP contribution is -2.48. The van der Waals surface area contributed by atoms with Crippen LogP contribution >= 0.6 is 0 Å². The van der Waals surface area contributed by atoms with Gasteiger partial charge in [-0.1, -0.05) is 0 Å². The van der Waals surface area contributed by atoms with Crippen molar-refractivity contribution in [1.82, 2.24) is 15.1 Å². The Kier molecular flexibility index (Phi) is 5.06. The van der Waals surface area contributed by atoms with Gasteiger partial charge in [0.25, 0.3) is 5.91 Å². The van der Waals surface area contributed by atoms with Crippen molar-refractivity contribution in [3.05, 3.63) is 21.5 Å². The molecule has 25 heavy (non-hydrogen) atoms. The quantitative estimate of drug-likeness (QED) is 0.435. The zero-order valence-corrected chi connectivity index (χ0v) is 14.2. The average Bonchev–Trinajstić information content (AvgIpc) is 3.33. The van der Waals surface area contributed by atoms with Crippen LogP contribution in [0.2, 0.25) is 0 Å². The summed E-state index contributed by atoms with van der Waals surface area (Å²) in [5.74, 6) is -1.20. The van der Waals surface area contributed by atoms with Crippen LogP contribution in [0.4, 0.5) is 5.69 Å². The summed E-state index contributed by atoms with van der Waals surface area (Å²) in [6, 6.07) is 2.08. The topological polar surface area (TPSA) is 140 Å². The SMILES string of the molecule is Cc1nn(CC(=O)OCC(=O)N[C@](C)(C#N)C2CC2)c(C)c1[N+](=O)[O-]. The number of rotatable bonds is 7. The molecule has 1 N–H and O–H groups in total. The zero-order valence-electron chi connectivity index (χ0n) is 14.2. The van der Waals surface area contributed by atoms with Gasteiger partial charge < -0.3 is 10.1 Å². The van der Waals surface area contributed by atoms with Gasteiger partial charge in [-0.05, 0) is 39.5 Å². The number of amides is 1. The van der Waals surface area contributed by atoms with Crippen molar-refractivity contribution >= 4 is 17.6 Å². The minimum Gasteiger partial charge on any atom is -0.454 e. The van der Waals surface area contributed by atoms with Crippen molar-refractivity contribution < 1.29 is 19.2 Å². The fourth-order valence-electron chi connectivity index (χ4n) is 2.63. The van der Waals surface area contributed by atoms with E-state index in [2.05, 4.69) is 16.5 Å². The fourth-order valence-corrected chi connectivity index (χ4v) is 2.63. The van der Waals surface area contributed by atoms with Crippen LogP contribution in [0, 0.1) is 41.2 Å². The summed E-state index contributed by atoms with van der Waals surface area (Å²) in [6.07, 6.45) is 1.75. The number of nitrogens with one attached hydrogen (secondary N) is 1. The molecule has 1 atom stereocenters. The molecular formula is C15H19N5O5. The first-order valence-corrected chi connectivity index (χ1v) is 7.74. The molecule has 0 spiro atoms. The highest BCUT2D eigenvalue weighted by Crippen LogP contribution is 2.39. The number of ether oxygens (including phenoxy) is 1. The van der Waals surface area contributed by atoms with E-state index in [1.807, 2.05) is 0 Å². The van der Waals surface area contributed by atoms with E-state index in [0.29, 0.717) is 0 Å². The smallest absolute Gasteiger partial charge is 0.328 e. The highest BCUT2D eigenvalue weighted by atomic mass is 16.6. The Morgan fingerprint density at radius 2 is 2.16 bits per heavy atom. The number of hydrogen-bond donors (Lipinski definition) is 1. The maximum absolute atomic E-state index is 11.9. The number of nitrogens with zero attached hydrogens (tertiary/aromatic N) is 4. The number of nitro groups is 1. The first-order valence-electron chi connectivity index (χ1n) is 7.74. The molecule has 0 bridgehead atoms. The third kappa shape index (κ3) is 4.12. The van der Waals surface area contributed by atoms with Crippen molar-refractivity contribution in [3.8, 4) is 6.07 Å². The van der Waals surface area contributed by atoms with E-state index in [-0.39, 0.29) is 29.5 Å². The summed E-state index contributed by atoms with van der Waals surface area (Å²) < 4.78 is 6.04. The van der Waals surface area contributed by atoms with Gasteiger partial charge in [0.15, 0.2) is 6.61 Å². The van der Waals surface area contributed by atoms with Crippen LogP contribution in [0.3, 0.4) is 0 Å². The molecule has 0 unspecified atom stereocenters. The first-order chi connectivity index (χ1) is 11.7. The maximum atomic E-state index is 11.9. The van der Waals surface area contributed by atoms with Gasteiger partial charge in [0.05, 0.1) is 11.0 Å². The summed E-state index contributed by atoms with van der Waals surface area (Å²) in [5, 5.41) is 26.6. The summed E-state index contributed by atoms with van der Waals surface area (Å²) in [7, 11) is 0. The Morgan fingerprint density at radius 3 is 2.64 bits per heavy atom. The molecule has 1 aromatic heterocycles. The Morgan fingerprint density at radius 1 is 1.52 bits per heavy atom. The standard InChI is InChI=1S/C15H19N5O5/c1-9-14(20(23)24)10(2)19(18-9)6-13(22)25-7-12(21)17-15(3,8-16)11-4-5-11/h11H,4-7H2,1-3H3,(H,17,21)/t15-/m1/s1. The lowest BCUT2D eigenvalue weighted by atomic mass is 9.98. The van der Waals surface area contributed by atoms with E-state index >= 15 is 0 Å². The largest absolute Gasteiger partial charge is 0.454 e. The van der Waals surface area contributed by atoms with Gasteiger partial charge in [0.2, 0.25) is 0 Å². The number of esters is 1. The minimum absolute atomic E-state index is 0.118. The van der Waals surface area contributed by atoms with Gasteiger partial charge in [-0.2, -0.15) is 10.4 Å². The van der Waals surface area contributed by atoms with Gasteiger partial charge >= 0.3 is 11.7 Å². The summed E-state index contributed by atoms with van der Waals surface area (Å²) in [6.45, 7) is 3.72. The second-order valence-electron chi connectivity index (χ2n) is 6.23. The van der Waals surface area contributed by atoms with Gasteiger partial charge in [0, 0.05) is 0 Å². The van der Waals surface area contributed by atoms with E-state index in [0.717, 1.165) is 17.5 Å². The molecule has 10 heteroatoms. The van der Waals surface area contributed by atoms with Gasteiger partial charge in [-0.3, -0.25) is 24.4 Å². The van der Waals surface area contributed by atoms with E-state index in [4.69, 9.17) is 4.74 Å². The van der Waals surface area contributed by atoms with Crippen molar-refractivity contribution in [2.45, 2.75) is 45.7 Å². The minimum atomic E-state index is -0.959. The second-order valence-corrected chi connectivity index (χ2v) is 6.23. The fraction of sp³-hybridized carbons (Fsp3) is 0.600. The van der Waals surface area contributed by atoms with Gasteiger partial charge in [0.1, 0.15) is 23.5 Å². The molecule has 1 amide bonds. The van der Waals surface area contributed by atoms with Crippen LogP contribution in [-0.4, -0.2) is 38.7 Å². The highest BCUT2D eigenvalue weighted by Gasteiger charge is 2.43. The molecule has 1 aliphatic carbocycles. The Balaban J connectivity index is 1.89. The number of nitriles is 1. The summed E-state index contributed by atoms with van der Waals surface area (Å²) >= 11 is 0. The predicted molar refractivity (Wildman–Crippen MR) is 84.2 cm³/mol. The number of aryl methyl sites for hydroxylation is 1. The monoisotopic (exact) mass is 349 g/mol. The summed E-state index contributed by atoms with van der Waals surface area (Å²) in [4.78, 5) is 34.1. The van der Waals surface area contributed by atoms with E-state index in [1.165, 1.54) is 13.8 Å². The van der Waals surface area contributed by atoms with Crippen LogP contribution in [0.15, 0.2) is 0 Å². The Labute approximate surface area is 143 Å². The maximum Gasteiger partial charge on any atom is 0.328 e. The predicted octanol–water partition coefficient (Wildman–Crippen LogP) is 0.760. The molecule has 1 aromatic rings. The van der Waals surface area contributed by atoms with Crippen molar-refractivity contribution in [1.29, 1.82) is 5.26 Å². The molecular weight excluding hydrogens is 330 g/mol. The zero-order chi connectivity index (χ0) is 18.8. The van der Waals surface area contributed by atoms with Crippen molar-refractivity contribution in [3.63, 3.8) is 0 Å². The number of hydrogen-bond acceptors (Lipinski definition) is 7. The third-order valence-electron chi connectivity index (χ3n) is 4.19. The van der Waals surface area contributed by atoms with Gasteiger partial charge in [-0.15, -0.1) is 0 Å². The molecule has 1 saturated carbocycles. The molecule has 1 fully saturated rings. The average molecular weight is 349 g/mol. The van der Waals surface area contributed by atoms with Crippen LogP contribution < -0.4 is 5.32 Å². The lowest BCUT2D eigenvalue weighted by molar-refractivity contribution is -0.386. The molecule has 0 aromatic carbocycles. The first kappa shape index (κ1) is 18.4.